The molecule has 0 aliphatic rings. The van der Waals surface area contributed by atoms with Gasteiger partial charge in [-0.2, -0.15) is 13.2 Å². The average Bonchev–Trinajstić information content (AvgIpc) is 2.19. The highest BCUT2D eigenvalue weighted by Crippen LogP contribution is 2.12. The number of carbonyl (C=O) groups is 1. The van der Waals surface area contributed by atoms with Gasteiger partial charge >= 0.3 is 12.2 Å². The molecule has 0 aliphatic heterocycles. The molecule has 0 rings (SSSR count). The number of nitrogens with zero attached hydrogens (tertiary/aromatic N) is 1. The maximum atomic E-state index is 11.9. The minimum Gasteiger partial charge on any atom is -0.330 e. The maximum absolute atomic E-state index is 11.9. The maximum Gasteiger partial charge on any atom is 0.405 e. The number of amides is 2. The molecule has 0 aromatic carbocycles. The van der Waals surface area contributed by atoms with Gasteiger partial charge in [0.25, 0.3) is 0 Å². The van der Waals surface area contributed by atoms with Gasteiger partial charge in [-0.15, -0.1) is 0 Å². The molecule has 17 heavy (non-hydrogen) atoms. The summed E-state index contributed by atoms with van der Waals surface area (Å²) in [6.45, 7) is 3.69. The van der Waals surface area contributed by atoms with Gasteiger partial charge in [0.2, 0.25) is 0 Å². The van der Waals surface area contributed by atoms with Gasteiger partial charge in [-0.05, 0) is 18.9 Å². The Bertz CT molecular complexity index is 231. The predicted molar refractivity (Wildman–Crippen MR) is 59.5 cm³/mol. The van der Waals surface area contributed by atoms with E-state index in [9.17, 15) is 18.0 Å². The highest BCUT2D eigenvalue weighted by Gasteiger charge is 2.28. The Morgan fingerprint density at radius 2 is 2.00 bits per heavy atom. The molecule has 0 aromatic heterocycles. The Hall–Kier alpha value is -0.980. The Balaban J connectivity index is 4.21. The van der Waals surface area contributed by atoms with Crippen LogP contribution in [0.25, 0.3) is 0 Å². The highest BCUT2D eigenvalue weighted by atomic mass is 19.4. The van der Waals surface area contributed by atoms with E-state index in [0.29, 0.717) is 26.1 Å². The molecule has 0 spiro atoms. The third kappa shape index (κ3) is 8.79. The van der Waals surface area contributed by atoms with Crippen molar-refractivity contribution >= 4 is 6.03 Å². The van der Waals surface area contributed by atoms with Gasteiger partial charge in [-0.1, -0.05) is 13.8 Å². The lowest BCUT2D eigenvalue weighted by atomic mass is 10.2. The van der Waals surface area contributed by atoms with Gasteiger partial charge < -0.3 is 16.0 Å². The van der Waals surface area contributed by atoms with Crippen molar-refractivity contribution < 1.29 is 18.0 Å². The first-order chi connectivity index (χ1) is 7.76. The number of alkyl halides is 3. The van der Waals surface area contributed by atoms with Gasteiger partial charge in [0, 0.05) is 13.1 Å². The number of rotatable bonds is 6. The molecule has 0 aliphatic carbocycles. The summed E-state index contributed by atoms with van der Waals surface area (Å²) in [6.07, 6.45) is -3.81. The van der Waals surface area contributed by atoms with Crippen LogP contribution in [0.4, 0.5) is 18.0 Å². The van der Waals surface area contributed by atoms with Crippen molar-refractivity contribution in [1.82, 2.24) is 10.2 Å². The Labute approximate surface area is 99.3 Å². The lowest BCUT2D eigenvalue weighted by molar-refractivity contribution is -0.123. The molecular weight excluding hydrogens is 235 g/mol. The van der Waals surface area contributed by atoms with Gasteiger partial charge in [0.05, 0.1) is 0 Å². The second kappa shape index (κ2) is 7.37. The molecule has 2 amide bonds. The number of hydrogen-bond donors (Lipinski definition) is 2. The first kappa shape index (κ1) is 16.0. The Kier molecular flexibility index (Phi) is 6.94. The van der Waals surface area contributed by atoms with Crippen LogP contribution >= 0.6 is 0 Å². The molecular formula is C10H20F3N3O. The normalized spacial score (nSPS) is 11.7. The van der Waals surface area contributed by atoms with E-state index in [2.05, 4.69) is 0 Å². The van der Waals surface area contributed by atoms with Gasteiger partial charge in [-0.3, -0.25) is 0 Å². The summed E-state index contributed by atoms with van der Waals surface area (Å²) in [6, 6.07) is -0.690. The zero-order valence-corrected chi connectivity index (χ0v) is 10.2. The summed E-state index contributed by atoms with van der Waals surface area (Å²) in [5.74, 6) is 0.199. The van der Waals surface area contributed by atoms with Crippen LogP contribution in [-0.2, 0) is 0 Å². The summed E-state index contributed by atoms with van der Waals surface area (Å²) in [5.41, 5.74) is 5.31. The van der Waals surface area contributed by atoms with E-state index in [1.165, 1.54) is 4.90 Å². The van der Waals surface area contributed by atoms with E-state index >= 15 is 0 Å². The standard InChI is InChI=1S/C10H20F3N3O/c1-8(2)6-16(5-3-4-14)9(17)15-7-10(11,12)13/h8H,3-7,14H2,1-2H3,(H,15,17). The molecule has 0 saturated carbocycles. The summed E-state index contributed by atoms with van der Waals surface area (Å²) in [7, 11) is 0. The molecule has 102 valence electrons. The largest absolute Gasteiger partial charge is 0.405 e. The molecule has 4 nitrogen and oxygen atoms in total. The number of nitrogens with one attached hydrogen (secondary N) is 1. The van der Waals surface area contributed by atoms with Crippen LogP contribution in [-0.4, -0.2) is 43.3 Å². The smallest absolute Gasteiger partial charge is 0.330 e. The third-order valence-corrected chi connectivity index (χ3v) is 1.94. The topological polar surface area (TPSA) is 58.4 Å². The minimum absolute atomic E-state index is 0.199. The first-order valence-electron chi connectivity index (χ1n) is 5.56. The number of carbonyl (C=O) groups excluding carboxylic acids is 1. The SMILES string of the molecule is CC(C)CN(CCCN)C(=O)NCC(F)(F)F. The molecule has 7 heteroatoms. The molecule has 0 radical (unpaired) electrons. The average molecular weight is 255 g/mol. The lowest BCUT2D eigenvalue weighted by Crippen LogP contribution is -2.45. The van der Waals surface area contributed by atoms with Crippen LogP contribution in [0.15, 0.2) is 0 Å². The molecule has 0 saturated heterocycles. The van der Waals surface area contributed by atoms with Crippen LogP contribution in [0.1, 0.15) is 20.3 Å². The van der Waals surface area contributed by atoms with E-state index in [-0.39, 0.29) is 5.92 Å². The number of urea groups is 1. The lowest BCUT2D eigenvalue weighted by Gasteiger charge is -2.25. The number of nitrogens with two attached hydrogens (primary N) is 1. The number of hydrogen-bond acceptors (Lipinski definition) is 2. The van der Waals surface area contributed by atoms with E-state index in [1.807, 2.05) is 19.2 Å². The number of halogens is 3. The van der Waals surface area contributed by atoms with Crippen molar-refractivity contribution in [3.05, 3.63) is 0 Å². The third-order valence-electron chi connectivity index (χ3n) is 1.94. The fraction of sp³-hybridized carbons (Fsp3) is 0.900. The second-order valence-corrected chi connectivity index (χ2v) is 4.26. The molecule has 0 aromatic rings. The van der Waals surface area contributed by atoms with E-state index in [4.69, 9.17) is 5.73 Å². The van der Waals surface area contributed by atoms with Crippen LogP contribution in [0.3, 0.4) is 0 Å². The van der Waals surface area contributed by atoms with E-state index in [1.54, 1.807) is 0 Å². The summed E-state index contributed by atoms with van der Waals surface area (Å²) < 4.78 is 35.8. The van der Waals surface area contributed by atoms with Gasteiger partial charge in [0.15, 0.2) is 0 Å². The Morgan fingerprint density at radius 1 is 1.41 bits per heavy atom. The summed E-state index contributed by atoms with van der Waals surface area (Å²) in [5, 5.41) is 1.86. The predicted octanol–water partition coefficient (Wildman–Crippen LogP) is 1.57. The van der Waals surface area contributed by atoms with Crippen molar-refractivity contribution in [2.75, 3.05) is 26.2 Å². The fourth-order valence-electron chi connectivity index (χ4n) is 1.29. The van der Waals surface area contributed by atoms with Crippen LogP contribution in [0.5, 0.6) is 0 Å². The van der Waals surface area contributed by atoms with E-state index < -0.39 is 18.8 Å². The van der Waals surface area contributed by atoms with Crippen molar-refractivity contribution in [3.8, 4) is 0 Å². The van der Waals surface area contributed by atoms with Crippen molar-refractivity contribution in [2.45, 2.75) is 26.4 Å². The van der Waals surface area contributed by atoms with Gasteiger partial charge in [0.1, 0.15) is 6.54 Å². The summed E-state index contributed by atoms with van der Waals surface area (Å²) in [4.78, 5) is 12.9. The molecule has 3 N–H and O–H groups in total. The minimum atomic E-state index is -4.38. The molecule has 0 bridgehead atoms. The highest BCUT2D eigenvalue weighted by molar-refractivity contribution is 5.74. The molecule has 0 unspecified atom stereocenters. The molecule has 0 atom stereocenters. The van der Waals surface area contributed by atoms with Crippen molar-refractivity contribution in [3.63, 3.8) is 0 Å². The zero-order valence-electron chi connectivity index (χ0n) is 10.2. The zero-order chi connectivity index (χ0) is 13.5. The quantitative estimate of drug-likeness (QED) is 0.756. The van der Waals surface area contributed by atoms with Gasteiger partial charge in [-0.25, -0.2) is 4.79 Å². The summed E-state index contributed by atoms with van der Waals surface area (Å²) >= 11 is 0. The monoisotopic (exact) mass is 255 g/mol. The van der Waals surface area contributed by atoms with Crippen LogP contribution in [0.2, 0.25) is 0 Å². The van der Waals surface area contributed by atoms with E-state index in [0.717, 1.165) is 0 Å². The fourth-order valence-corrected chi connectivity index (χ4v) is 1.29. The second-order valence-electron chi connectivity index (χ2n) is 4.26. The molecule has 0 fully saturated rings. The Morgan fingerprint density at radius 3 is 2.41 bits per heavy atom. The molecule has 0 heterocycles. The van der Waals surface area contributed by atoms with Crippen molar-refractivity contribution in [2.24, 2.45) is 11.7 Å². The van der Waals surface area contributed by atoms with Crippen molar-refractivity contribution in [1.29, 1.82) is 0 Å². The first-order valence-corrected chi connectivity index (χ1v) is 5.56. The van der Waals surface area contributed by atoms with Crippen LogP contribution in [0, 0.1) is 5.92 Å². The van der Waals surface area contributed by atoms with Crippen LogP contribution < -0.4 is 11.1 Å².